The van der Waals surface area contributed by atoms with E-state index in [1.54, 1.807) is 34.8 Å². The second-order valence-corrected chi connectivity index (χ2v) is 10.1. The van der Waals surface area contributed by atoms with Crippen molar-refractivity contribution < 1.29 is 19.1 Å². The number of carbonyl (C=O) groups excluding carboxylic acids is 2. The van der Waals surface area contributed by atoms with E-state index in [0.29, 0.717) is 41.1 Å². The lowest BCUT2D eigenvalue weighted by atomic mass is 10.1. The van der Waals surface area contributed by atoms with Crippen LogP contribution < -0.4 is 10.1 Å². The molecule has 0 aliphatic carbocycles. The third kappa shape index (κ3) is 6.35. The number of rotatable bonds is 9. The number of nitrogens with zero attached hydrogens (tertiary/aromatic N) is 3. The Morgan fingerprint density at radius 1 is 1.12 bits per heavy atom. The Kier molecular flexibility index (Phi) is 8.48. The van der Waals surface area contributed by atoms with Crippen LogP contribution in [-0.4, -0.2) is 59.2 Å². The van der Waals surface area contributed by atoms with E-state index < -0.39 is 0 Å². The van der Waals surface area contributed by atoms with Crippen molar-refractivity contribution in [2.24, 2.45) is 0 Å². The molecule has 2 heterocycles. The molecular formula is C31H31ClN4O4. The molecular weight excluding hydrogens is 528 g/mol. The van der Waals surface area contributed by atoms with Crippen LogP contribution in [0.4, 0.5) is 5.95 Å². The highest BCUT2D eigenvalue weighted by atomic mass is 35.5. The van der Waals surface area contributed by atoms with E-state index in [9.17, 15) is 9.59 Å². The van der Waals surface area contributed by atoms with E-state index in [4.69, 9.17) is 26.1 Å². The summed E-state index contributed by atoms with van der Waals surface area (Å²) in [6, 6.07) is 22.2. The molecule has 0 radical (unpaired) electrons. The lowest BCUT2D eigenvalue weighted by molar-refractivity contribution is -0.117. The molecule has 1 aliphatic rings. The van der Waals surface area contributed by atoms with Crippen LogP contribution in [0.25, 0.3) is 16.9 Å². The maximum Gasteiger partial charge on any atom is 0.254 e. The van der Waals surface area contributed by atoms with Crippen molar-refractivity contribution in [1.29, 1.82) is 0 Å². The van der Waals surface area contributed by atoms with Crippen molar-refractivity contribution in [2.45, 2.75) is 25.9 Å². The predicted molar refractivity (Wildman–Crippen MR) is 155 cm³/mol. The minimum absolute atomic E-state index is 0.101. The number of halogens is 1. The minimum atomic E-state index is -0.364. The summed E-state index contributed by atoms with van der Waals surface area (Å²) < 4.78 is 13.0. The highest BCUT2D eigenvalue weighted by Crippen LogP contribution is 2.27. The van der Waals surface area contributed by atoms with E-state index >= 15 is 0 Å². The number of benzene rings is 3. The summed E-state index contributed by atoms with van der Waals surface area (Å²) in [6.45, 7) is 2.74. The summed E-state index contributed by atoms with van der Waals surface area (Å²) in [7, 11) is 1.60. The quantitative estimate of drug-likeness (QED) is 0.282. The fourth-order valence-corrected chi connectivity index (χ4v) is 4.89. The standard InChI is InChI=1S/C31H31ClN4O4/c1-21-7-3-4-11-27(21)30(38)35(18-26-10-6-16-40-26)20-29(37)34-31-33-28(22-12-14-23(32)15-13-22)19-36(31)24-8-5-9-25(17-24)39-2/h3-5,7-9,11-15,17,19,26H,6,10,16,18,20H2,1-2H3,(H,33,34,37)/t26-/m1/s1. The monoisotopic (exact) mass is 558 g/mol. The van der Waals surface area contributed by atoms with Crippen LogP contribution in [0.1, 0.15) is 28.8 Å². The minimum Gasteiger partial charge on any atom is -0.497 e. The number of hydrogen-bond donors (Lipinski definition) is 1. The van der Waals surface area contributed by atoms with Crippen LogP contribution >= 0.6 is 11.6 Å². The van der Waals surface area contributed by atoms with E-state index in [-0.39, 0.29) is 24.5 Å². The average Bonchev–Trinajstić information content (AvgIpc) is 3.63. The molecule has 2 amide bonds. The lowest BCUT2D eigenvalue weighted by Gasteiger charge is -2.25. The fraction of sp³-hybridized carbons (Fsp3) is 0.258. The molecule has 1 aromatic heterocycles. The van der Waals surface area contributed by atoms with Gasteiger partial charge < -0.3 is 14.4 Å². The number of amides is 2. The molecule has 206 valence electrons. The van der Waals surface area contributed by atoms with Gasteiger partial charge in [-0.05, 0) is 55.7 Å². The van der Waals surface area contributed by atoms with Crippen LogP contribution in [0.3, 0.4) is 0 Å². The molecule has 1 fully saturated rings. The molecule has 4 aromatic rings. The molecule has 9 heteroatoms. The zero-order valence-electron chi connectivity index (χ0n) is 22.5. The number of carbonyl (C=O) groups is 2. The summed E-state index contributed by atoms with van der Waals surface area (Å²) in [4.78, 5) is 33.3. The third-order valence-corrected chi connectivity index (χ3v) is 7.13. The molecule has 0 saturated carbocycles. The van der Waals surface area contributed by atoms with Crippen molar-refractivity contribution in [3.63, 3.8) is 0 Å². The topological polar surface area (TPSA) is 85.7 Å². The first kappa shape index (κ1) is 27.4. The Balaban J connectivity index is 1.43. The van der Waals surface area contributed by atoms with Gasteiger partial charge in [-0.25, -0.2) is 4.98 Å². The summed E-state index contributed by atoms with van der Waals surface area (Å²) in [5.74, 6) is 0.422. The molecule has 1 saturated heterocycles. The first-order valence-electron chi connectivity index (χ1n) is 13.2. The van der Waals surface area contributed by atoms with Crippen molar-refractivity contribution >= 4 is 29.4 Å². The second kappa shape index (κ2) is 12.4. The summed E-state index contributed by atoms with van der Waals surface area (Å²) >= 11 is 6.08. The van der Waals surface area contributed by atoms with Gasteiger partial charge in [0.15, 0.2) is 0 Å². The number of imidazole rings is 1. The Hall–Kier alpha value is -4.14. The summed E-state index contributed by atoms with van der Waals surface area (Å²) in [6.07, 6.45) is 3.53. The number of nitrogens with one attached hydrogen (secondary N) is 1. The number of ether oxygens (including phenoxy) is 2. The van der Waals surface area contributed by atoms with Gasteiger partial charge in [0.25, 0.3) is 5.91 Å². The van der Waals surface area contributed by atoms with Crippen LogP contribution in [0, 0.1) is 6.92 Å². The van der Waals surface area contributed by atoms with Crippen LogP contribution in [0.2, 0.25) is 5.02 Å². The van der Waals surface area contributed by atoms with Crippen LogP contribution in [0.15, 0.2) is 79.0 Å². The van der Waals surface area contributed by atoms with E-state index in [0.717, 1.165) is 29.7 Å². The van der Waals surface area contributed by atoms with Gasteiger partial charge in [-0.2, -0.15) is 0 Å². The average molecular weight is 559 g/mol. The highest BCUT2D eigenvalue weighted by Gasteiger charge is 2.26. The fourth-order valence-electron chi connectivity index (χ4n) is 4.76. The molecule has 0 unspecified atom stereocenters. The van der Waals surface area contributed by atoms with Gasteiger partial charge in [0.2, 0.25) is 11.9 Å². The van der Waals surface area contributed by atoms with Gasteiger partial charge in [-0.15, -0.1) is 0 Å². The zero-order chi connectivity index (χ0) is 28.1. The number of aromatic nitrogens is 2. The Morgan fingerprint density at radius 3 is 2.65 bits per heavy atom. The molecule has 40 heavy (non-hydrogen) atoms. The van der Waals surface area contributed by atoms with Gasteiger partial charge in [0.05, 0.1) is 24.6 Å². The van der Waals surface area contributed by atoms with Gasteiger partial charge >= 0.3 is 0 Å². The van der Waals surface area contributed by atoms with Crippen molar-refractivity contribution in [2.75, 3.05) is 32.1 Å². The molecule has 5 rings (SSSR count). The van der Waals surface area contributed by atoms with Gasteiger partial charge in [-0.3, -0.25) is 19.5 Å². The molecule has 1 aliphatic heterocycles. The normalized spacial score (nSPS) is 14.6. The SMILES string of the molecule is COc1cccc(-n2cc(-c3ccc(Cl)cc3)nc2NC(=O)CN(C[C@H]2CCCO2)C(=O)c2ccccc2C)c1. The number of anilines is 1. The molecule has 0 spiro atoms. The first-order chi connectivity index (χ1) is 19.4. The Bertz CT molecular complexity index is 1500. The highest BCUT2D eigenvalue weighted by molar-refractivity contribution is 6.30. The first-order valence-corrected chi connectivity index (χ1v) is 13.5. The predicted octanol–water partition coefficient (Wildman–Crippen LogP) is 5.77. The van der Waals surface area contributed by atoms with Gasteiger partial charge in [0.1, 0.15) is 12.3 Å². The van der Waals surface area contributed by atoms with E-state index in [2.05, 4.69) is 5.32 Å². The van der Waals surface area contributed by atoms with E-state index in [1.165, 1.54) is 0 Å². The van der Waals surface area contributed by atoms with Crippen molar-refractivity contribution in [3.05, 3.63) is 95.1 Å². The van der Waals surface area contributed by atoms with Crippen LogP contribution in [-0.2, 0) is 9.53 Å². The van der Waals surface area contributed by atoms with Crippen LogP contribution in [0.5, 0.6) is 5.75 Å². The third-order valence-electron chi connectivity index (χ3n) is 6.87. The van der Waals surface area contributed by atoms with Gasteiger partial charge in [0, 0.05) is 41.6 Å². The zero-order valence-corrected chi connectivity index (χ0v) is 23.2. The largest absolute Gasteiger partial charge is 0.497 e. The molecule has 1 N–H and O–H groups in total. The second-order valence-electron chi connectivity index (χ2n) is 9.71. The smallest absolute Gasteiger partial charge is 0.254 e. The Morgan fingerprint density at radius 2 is 1.93 bits per heavy atom. The summed E-state index contributed by atoms with van der Waals surface area (Å²) in [5.41, 5.74) is 3.68. The maximum atomic E-state index is 13.6. The number of aryl methyl sites for hydroxylation is 1. The number of hydrogen-bond acceptors (Lipinski definition) is 5. The summed E-state index contributed by atoms with van der Waals surface area (Å²) in [5, 5.41) is 3.56. The molecule has 3 aromatic carbocycles. The van der Waals surface area contributed by atoms with Crippen molar-refractivity contribution in [3.8, 4) is 22.7 Å². The Labute approximate surface area is 238 Å². The molecule has 0 bridgehead atoms. The molecule has 1 atom stereocenters. The van der Waals surface area contributed by atoms with Crippen molar-refractivity contribution in [1.82, 2.24) is 14.5 Å². The maximum absolute atomic E-state index is 13.6. The molecule has 8 nitrogen and oxygen atoms in total. The van der Waals surface area contributed by atoms with Gasteiger partial charge in [-0.1, -0.05) is 48.0 Å². The lowest BCUT2D eigenvalue weighted by Crippen LogP contribution is -2.42. The van der Waals surface area contributed by atoms with E-state index in [1.807, 2.05) is 67.7 Å². The number of methoxy groups -OCH3 is 1.